The van der Waals surface area contributed by atoms with Crippen LogP contribution in [0.3, 0.4) is 0 Å². The molecular weight excluding hydrogens is 266 g/mol. The molecule has 104 valence electrons. The van der Waals surface area contributed by atoms with Gasteiger partial charge in [-0.15, -0.1) is 0 Å². The molecule has 7 nitrogen and oxygen atoms in total. The van der Waals surface area contributed by atoms with E-state index in [1.807, 2.05) is 0 Å². The van der Waals surface area contributed by atoms with Gasteiger partial charge in [0.1, 0.15) is 12.4 Å². The Hall–Kier alpha value is -2.83. The Bertz CT molecular complexity index is 634. The van der Waals surface area contributed by atoms with Gasteiger partial charge in [0.2, 0.25) is 0 Å². The van der Waals surface area contributed by atoms with E-state index in [1.165, 1.54) is 31.4 Å². The monoisotopic (exact) mass is 277 g/mol. The zero-order chi connectivity index (χ0) is 14.5. The fraction of sp³-hybridized carbons (Fsp3) is 0.154. The van der Waals surface area contributed by atoms with Gasteiger partial charge in [-0.3, -0.25) is 14.9 Å². The molecule has 1 aromatic carbocycles. The number of carbonyl (C=O) groups is 1. The highest BCUT2D eigenvalue weighted by molar-refractivity contribution is 5.70. The predicted octanol–water partition coefficient (Wildman–Crippen LogP) is 2.59. The Balaban J connectivity index is 2.12. The normalized spacial score (nSPS) is 10.1. The number of hydrogen-bond donors (Lipinski definition) is 0. The van der Waals surface area contributed by atoms with E-state index in [-0.39, 0.29) is 23.8 Å². The molecule has 0 aliphatic heterocycles. The van der Waals surface area contributed by atoms with E-state index >= 15 is 0 Å². The van der Waals surface area contributed by atoms with Crippen molar-refractivity contribution >= 4 is 12.0 Å². The fourth-order valence-electron chi connectivity index (χ4n) is 1.57. The maximum atomic E-state index is 10.7. The molecule has 0 spiro atoms. The summed E-state index contributed by atoms with van der Waals surface area (Å²) in [7, 11) is 1.39. The van der Waals surface area contributed by atoms with Crippen LogP contribution >= 0.6 is 0 Å². The number of methoxy groups -OCH3 is 1. The van der Waals surface area contributed by atoms with Gasteiger partial charge in [-0.2, -0.15) is 0 Å². The number of aldehydes is 1. The number of ether oxygens (including phenoxy) is 2. The zero-order valence-corrected chi connectivity index (χ0v) is 10.6. The van der Waals surface area contributed by atoms with Gasteiger partial charge in [-0.25, -0.2) is 0 Å². The molecule has 0 atom stereocenters. The van der Waals surface area contributed by atoms with Gasteiger partial charge in [0, 0.05) is 6.07 Å². The van der Waals surface area contributed by atoms with Crippen molar-refractivity contribution in [2.75, 3.05) is 7.11 Å². The van der Waals surface area contributed by atoms with E-state index in [9.17, 15) is 14.9 Å². The van der Waals surface area contributed by atoms with Gasteiger partial charge in [-0.05, 0) is 18.2 Å². The number of benzene rings is 1. The minimum absolute atomic E-state index is 0.0853. The first-order valence-electron chi connectivity index (χ1n) is 5.63. The van der Waals surface area contributed by atoms with Crippen LogP contribution in [0.5, 0.6) is 11.5 Å². The molecular formula is C13H11NO6. The highest BCUT2D eigenvalue weighted by atomic mass is 16.6. The summed E-state index contributed by atoms with van der Waals surface area (Å²) in [4.78, 5) is 20.6. The third-order valence-electron chi connectivity index (χ3n) is 2.53. The first-order valence-corrected chi connectivity index (χ1v) is 5.63. The lowest BCUT2D eigenvalue weighted by Crippen LogP contribution is -1.97. The van der Waals surface area contributed by atoms with Crippen molar-refractivity contribution in [3.05, 3.63) is 52.0 Å². The Morgan fingerprint density at radius 1 is 1.30 bits per heavy atom. The lowest BCUT2D eigenvalue weighted by atomic mass is 10.3. The largest absolute Gasteiger partial charge is 0.493 e. The lowest BCUT2D eigenvalue weighted by Gasteiger charge is -2.09. The average Bonchev–Trinajstić information content (AvgIpc) is 2.92. The number of carbonyl (C=O) groups excluding carboxylic acids is 1. The molecule has 0 radical (unpaired) electrons. The van der Waals surface area contributed by atoms with Crippen LogP contribution in [-0.2, 0) is 6.61 Å². The lowest BCUT2D eigenvalue weighted by molar-refractivity contribution is -0.385. The molecule has 2 rings (SSSR count). The van der Waals surface area contributed by atoms with Gasteiger partial charge < -0.3 is 13.9 Å². The Labute approximate surface area is 113 Å². The minimum Gasteiger partial charge on any atom is -0.493 e. The van der Waals surface area contributed by atoms with E-state index in [0.717, 1.165) is 0 Å². The van der Waals surface area contributed by atoms with E-state index < -0.39 is 4.92 Å². The first-order chi connectivity index (χ1) is 9.63. The van der Waals surface area contributed by atoms with Crippen molar-refractivity contribution in [1.82, 2.24) is 0 Å². The summed E-state index contributed by atoms with van der Waals surface area (Å²) in [5.74, 6) is 1.27. The Morgan fingerprint density at radius 2 is 2.10 bits per heavy atom. The van der Waals surface area contributed by atoms with Gasteiger partial charge in [0.15, 0.2) is 23.5 Å². The van der Waals surface area contributed by atoms with Crippen molar-refractivity contribution in [3.63, 3.8) is 0 Å². The Morgan fingerprint density at radius 3 is 2.70 bits per heavy atom. The summed E-state index contributed by atoms with van der Waals surface area (Å²) in [5, 5.41) is 10.7. The highest BCUT2D eigenvalue weighted by Gasteiger charge is 2.13. The summed E-state index contributed by atoms with van der Waals surface area (Å²) in [6, 6.07) is 7.17. The first kappa shape index (κ1) is 13.6. The number of nitrogens with zero attached hydrogens (tertiary/aromatic N) is 1. The van der Waals surface area contributed by atoms with Gasteiger partial charge in [0.05, 0.1) is 18.1 Å². The predicted molar refractivity (Wildman–Crippen MR) is 68.1 cm³/mol. The smallest absolute Gasteiger partial charge is 0.273 e. The third kappa shape index (κ3) is 2.94. The topological polar surface area (TPSA) is 91.8 Å². The maximum Gasteiger partial charge on any atom is 0.273 e. The van der Waals surface area contributed by atoms with Crippen LogP contribution in [0, 0.1) is 10.1 Å². The number of non-ortho nitro benzene ring substituents is 1. The van der Waals surface area contributed by atoms with Crippen LogP contribution in [0.4, 0.5) is 5.69 Å². The minimum atomic E-state index is -0.519. The van der Waals surface area contributed by atoms with Crippen LogP contribution in [0.2, 0.25) is 0 Å². The van der Waals surface area contributed by atoms with Crippen LogP contribution in [0.15, 0.2) is 34.7 Å². The molecule has 1 aromatic heterocycles. The number of nitro benzene ring substituents is 1. The molecule has 0 aliphatic carbocycles. The molecule has 0 amide bonds. The summed E-state index contributed by atoms with van der Waals surface area (Å²) in [6.45, 7) is 0.0853. The zero-order valence-electron chi connectivity index (χ0n) is 10.6. The van der Waals surface area contributed by atoms with E-state index in [1.54, 1.807) is 6.07 Å². The quantitative estimate of drug-likeness (QED) is 0.457. The standard InChI is InChI=1S/C13H11NO6/c1-18-13-6-9(14(16)17)2-5-12(13)19-8-11-4-3-10(7-15)20-11/h2-7H,8H2,1H3. The Kier molecular flexibility index (Phi) is 3.99. The maximum absolute atomic E-state index is 10.7. The van der Waals surface area contributed by atoms with E-state index in [4.69, 9.17) is 13.9 Å². The van der Waals surface area contributed by atoms with Gasteiger partial charge in [-0.1, -0.05) is 0 Å². The number of nitro groups is 1. The molecule has 0 saturated heterocycles. The molecule has 1 heterocycles. The second-order valence-corrected chi connectivity index (χ2v) is 3.80. The molecule has 20 heavy (non-hydrogen) atoms. The number of furan rings is 1. The van der Waals surface area contributed by atoms with Crippen LogP contribution in [-0.4, -0.2) is 18.3 Å². The molecule has 0 N–H and O–H groups in total. The number of rotatable bonds is 6. The molecule has 7 heteroatoms. The molecule has 0 aliphatic rings. The van der Waals surface area contributed by atoms with Crippen LogP contribution in [0.1, 0.15) is 16.3 Å². The molecule has 0 unspecified atom stereocenters. The van der Waals surface area contributed by atoms with Crippen molar-refractivity contribution in [2.24, 2.45) is 0 Å². The van der Waals surface area contributed by atoms with E-state index in [0.29, 0.717) is 17.8 Å². The summed E-state index contributed by atoms with van der Waals surface area (Å²) < 4.78 is 15.6. The van der Waals surface area contributed by atoms with E-state index in [2.05, 4.69) is 0 Å². The number of hydrogen-bond acceptors (Lipinski definition) is 6. The molecule has 0 fully saturated rings. The molecule has 2 aromatic rings. The second-order valence-electron chi connectivity index (χ2n) is 3.80. The SMILES string of the molecule is COc1cc([N+](=O)[O-])ccc1OCc1ccc(C=O)o1. The van der Waals surface area contributed by atoms with Crippen LogP contribution in [0.25, 0.3) is 0 Å². The summed E-state index contributed by atoms with van der Waals surface area (Å²) >= 11 is 0. The highest BCUT2D eigenvalue weighted by Crippen LogP contribution is 2.31. The van der Waals surface area contributed by atoms with Crippen molar-refractivity contribution < 1.29 is 23.6 Å². The summed E-state index contributed by atoms with van der Waals surface area (Å²) in [5.41, 5.74) is -0.0876. The summed E-state index contributed by atoms with van der Waals surface area (Å²) in [6.07, 6.45) is 0.593. The fourth-order valence-corrected chi connectivity index (χ4v) is 1.57. The van der Waals surface area contributed by atoms with Gasteiger partial charge >= 0.3 is 0 Å². The van der Waals surface area contributed by atoms with Gasteiger partial charge in [0.25, 0.3) is 5.69 Å². The van der Waals surface area contributed by atoms with Crippen molar-refractivity contribution in [1.29, 1.82) is 0 Å². The average molecular weight is 277 g/mol. The van der Waals surface area contributed by atoms with Crippen molar-refractivity contribution in [2.45, 2.75) is 6.61 Å². The molecule has 0 bridgehead atoms. The third-order valence-corrected chi connectivity index (χ3v) is 2.53. The van der Waals surface area contributed by atoms with Crippen molar-refractivity contribution in [3.8, 4) is 11.5 Å². The molecule has 0 saturated carbocycles. The second kappa shape index (κ2) is 5.87. The van der Waals surface area contributed by atoms with Crippen LogP contribution < -0.4 is 9.47 Å².